The molecule has 2 aromatic rings. The number of hydrogen-bond acceptors (Lipinski definition) is 3. The Kier molecular flexibility index (Phi) is 4.42. The zero-order valence-electron chi connectivity index (χ0n) is 11.8. The van der Waals surface area contributed by atoms with Crippen molar-refractivity contribution in [2.45, 2.75) is 25.6 Å². The van der Waals surface area contributed by atoms with Gasteiger partial charge in [0.2, 0.25) is 0 Å². The molecule has 3 heteroatoms. The van der Waals surface area contributed by atoms with E-state index < -0.39 is 12.4 Å². The van der Waals surface area contributed by atoms with Gasteiger partial charge in [-0.25, -0.2) is 0 Å². The van der Waals surface area contributed by atoms with E-state index in [0.717, 1.165) is 0 Å². The van der Waals surface area contributed by atoms with Crippen LogP contribution < -0.4 is 4.74 Å². The lowest BCUT2D eigenvalue weighted by atomic mass is 10.0. The average molecular weight is 272 g/mol. The van der Waals surface area contributed by atoms with Crippen LogP contribution in [0.5, 0.6) is 5.75 Å². The van der Waals surface area contributed by atoms with E-state index in [0.29, 0.717) is 17.2 Å². The van der Waals surface area contributed by atoms with E-state index in [1.165, 1.54) is 5.56 Å². The van der Waals surface area contributed by atoms with E-state index in [2.05, 4.69) is 13.8 Å². The van der Waals surface area contributed by atoms with Crippen molar-refractivity contribution in [3.8, 4) is 5.75 Å². The summed E-state index contributed by atoms with van der Waals surface area (Å²) in [6.45, 7) is 3.72. The molecule has 2 rings (SSSR count). The van der Waals surface area contributed by atoms with Crippen LogP contribution in [0.25, 0.3) is 0 Å². The second-order valence-corrected chi connectivity index (χ2v) is 5.13. The maximum absolute atomic E-state index is 10.5. The summed E-state index contributed by atoms with van der Waals surface area (Å²) in [4.78, 5) is 0. The van der Waals surface area contributed by atoms with Crippen molar-refractivity contribution < 1.29 is 14.9 Å². The first-order chi connectivity index (χ1) is 9.55. The first-order valence-corrected chi connectivity index (χ1v) is 6.73. The van der Waals surface area contributed by atoms with Crippen LogP contribution in [0.1, 0.15) is 30.9 Å². The molecule has 0 radical (unpaired) electrons. The lowest BCUT2D eigenvalue weighted by Gasteiger charge is -2.27. The molecule has 20 heavy (non-hydrogen) atoms. The van der Waals surface area contributed by atoms with Gasteiger partial charge in [-0.3, -0.25) is 0 Å². The van der Waals surface area contributed by atoms with Gasteiger partial charge < -0.3 is 14.9 Å². The molecule has 1 unspecified atom stereocenters. The molecular formula is C17H20O3. The Labute approximate surface area is 119 Å². The van der Waals surface area contributed by atoms with Crippen LogP contribution in [0.15, 0.2) is 54.6 Å². The largest absolute Gasteiger partial charge is 0.456 e. The lowest BCUT2D eigenvalue weighted by Crippen LogP contribution is -2.36. The van der Waals surface area contributed by atoms with Crippen molar-refractivity contribution in [1.29, 1.82) is 0 Å². The maximum Gasteiger partial charge on any atom is 0.258 e. The normalized spacial score (nSPS) is 14.1. The number of benzene rings is 2. The monoisotopic (exact) mass is 272 g/mol. The highest BCUT2D eigenvalue weighted by molar-refractivity contribution is 5.30. The Morgan fingerprint density at radius 2 is 1.60 bits per heavy atom. The van der Waals surface area contributed by atoms with Gasteiger partial charge in [0.05, 0.1) is 0 Å². The summed E-state index contributed by atoms with van der Waals surface area (Å²) >= 11 is 0. The summed E-state index contributed by atoms with van der Waals surface area (Å²) in [5, 5.41) is 19.9. The number of hydrogen-bond donors (Lipinski definition) is 2. The molecule has 0 heterocycles. The van der Waals surface area contributed by atoms with Gasteiger partial charge in [0.15, 0.2) is 0 Å². The van der Waals surface area contributed by atoms with E-state index in [4.69, 9.17) is 4.74 Å². The fraction of sp³-hybridized carbons (Fsp3) is 0.294. The van der Waals surface area contributed by atoms with Gasteiger partial charge >= 0.3 is 0 Å². The van der Waals surface area contributed by atoms with E-state index in [1.807, 2.05) is 18.2 Å². The van der Waals surface area contributed by atoms with E-state index >= 15 is 0 Å². The summed E-state index contributed by atoms with van der Waals surface area (Å²) in [6, 6.07) is 16.4. The highest BCUT2D eigenvalue weighted by atomic mass is 16.6. The first-order valence-electron chi connectivity index (χ1n) is 6.73. The van der Waals surface area contributed by atoms with Crippen molar-refractivity contribution in [3.63, 3.8) is 0 Å². The number of ether oxygens (including phenoxy) is 1. The lowest BCUT2D eigenvalue weighted by molar-refractivity contribution is -0.174. The molecule has 0 amide bonds. The third-order valence-electron chi connectivity index (χ3n) is 3.27. The van der Waals surface area contributed by atoms with Crippen LogP contribution in [0.4, 0.5) is 0 Å². The zero-order valence-corrected chi connectivity index (χ0v) is 11.8. The topological polar surface area (TPSA) is 49.7 Å². The summed E-state index contributed by atoms with van der Waals surface area (Å²) in [7, 11) is 0. The van der Waals surface area contributed by atoms with Gasteiger partial charge in [0.25, 0.3) is 5.79 Å². The fourth-order valence-corrected chi connectivity index (χ4v) is 2.00. The molecule has 106 valence electrons. The zero-order chi connectivity index (χ0) is 14.6. The molecule has 0 bridgehead atoms. The van der Waals surface area contributed by atoms with E-state index in [1.54, 1.807) is 36.4 Å². The standard InChI is InChI=1S/C17H20O3/c1-13(2)14-8-10-16(11-9-14)20-17(19,12-18)15-6-4-3-5-7-15/h3-11,13,18-19H,12H2,1-2H3. The molecule has 3 nitrogen and oxygen atoms in total. The third kappa shape index (κ3) is 3.18. The average Bonchev–Trinajstić information content (AvgIpc) is 2.48. The van der Waals surface area contributed by atoms with Crippen molar-refractivity contribution >= 4 is 0 Å². The first kappa shape index (κ1) is 14.6. The second kappa shape index (κ2) is 6.07. The predicted octanol–water partition coefficient (Wildman–Crippen LogP) is 3.03. The van der Waals surface area contributed by atoms with Gasteiger partial charge in [-0.1, -0.05) is 56.3 Å². The molecule has 0 aromatic heterocycles. The molecule has 0 saturated carbocycles. The molecular weight excluding hydrogens is 252 g/mol. The Hall–Kier alpha value is -1.84. The SMILES string of the molecule is CC(C)c1ccc(OC(O)(CO)c2ccccc2)cc1. The molecule has 0 spiro atoms. The van der Waals surface area contributed by atoms with Gasteiger partial charge in [0, 0.05) is 5.56 Å². The number of aliphatic hydroxyl groups excluding tert-OH is 1. The molecule has 0 aliphatic rings. The minimum atomic E-state index is -1.72. The summed E-state index contributed by atoms with van der Waals surface area (Å²) in [5.74, 6) is -0.759. The van der Waals surface area contributed by atoms with Crippen LogP contribution in [0.3, 0.4) is 0 Å². The molecule has 0 aliphatic carbocycles. The second-order valence-electron chi connectivity index (χ2n) is 5.13. The molecule has 1 atom stereocenters. The minimum absolute atomic E-state index is 0.440. The fourth-order valence-electron chi connectivity index (χ4n) is 2.00. The maximum atomic E-state index is 10.5. The minimum Gasteiger partial charge on any atom is -0.456 e. The number of aliphatic hydroxyl groups is 2. The van der Waals surface area contributed by atoms with Crippen LogP contribution >= 0.6 is 0 Å². The van der Waals surface area contributed by atoms with Gasteiger partial charge in [0.1, 0.15) is 12.4 Å². The smallest absolute Gasteiger partial charge is 0.258 e. The van der Waals surface area contributed by atoms with Crippen LogP contribution in [0, 0.1) is 0 Å². The molecule has 2 N–H and O–H groups in total. The van der Waals surface area contributed by atoms with Crippen LogP contribution in [-0.2, 0) is 5.79 Å². The van der Waals surface area contributed by atoms with Crippen molar-refractivity contribution in [1.82, 2.24) is 0 Å². The highest BCUT2D eigenvalue weighted by Gasteiger charge is 2.30. The van der Waals surface area contributed by atoms with E-state index in [9.17, 15) is 10.2 Å². The summed E-state index contributed by atoms with van der Waals surface area (Å²) in [5.41, 5.74) is 1.72. The predicted molar refractivity (Wildman–Crippen MR) is 78.6 cm³/mol. The van der Waals surface area contributed by atoms with Crippen molar-refractivity contribution in [3.05, 3.63) is 65.7 Å². The number of rotatable bonds is 5. The summed E-state index contributed by atoms with van der Waals surface area (Å²) < 4.78 is 5.58. The Balaban J connectivity index is 2.22. The third-order valence-corrected chi connectivity index (χ3v) is 3.27. The van der Waals surface area contributed by atoms with Gasteiger partial charge in [-0.2, -0.15) is 0 Å². The van der Waals surface area contributed by atoms with Crippen molar-refractivity contribution in [2.24, 2.45) is 0 Å². The van der Waals surface area contributed by atoms with Crippen LogP contribution in [0.2, 0.25) is 0 Å². The van der Waals surface area contributed by atoms with Gasteiger partial charge in [-0.15, -0.1) is 0 Å². The quantitative estimate of drug-likeness (QED) is 0.823. The van der Waals surface area contributed by atoms with Crippen LogP contribution in [-0.4, -0.2) is 16.8 Å². The molecule has 0 aliphatic heterocycles. The Morgan fingerprint density at radius 3 is 2.10 bits per heavy atom. The summed E-state index contributed by atoms with van der Waals surface area (Å²) in [6.07, 6.45) is 0. The molecule has 2 aromatic carbocycles. The molecule has 0 fully saturated rings. The van der Waals surface area contributed by atoms with E-state index in [-0.39, 0.29) is 0 Å². The molecule has 0 saturated heterocycles. The Bertz CT molecular complexity index is 534. The van der Waals surface area contributed by atoms with Gasteiger partial charge in [-0.05, 0) is 23.6 Å². The highest BCUT2D eigenvalue weighted by Crippen LogP contribution is 2.27. The van der Waals surface area contributed by atoms with Crippen molar-refractivity contribution in [2.75, 3.05) is 6.61 Å². The Morgan fingerprint density at radius 1 is 1.00 bits per heavy atom.